The molecule has 2 rings (SSSR count). The summed E-state index contributed by atoms with van der Waals surface area (Å²) < 4.78 is 1.97. The first-order chi connectivity index (χ1) is 8.36. The summed E-state index contributed by atoms with van der Waals surface area (Å²) in [7, 11) is 0. The van der Waals surface area contributed by atoms with Crippen molar-refractivity contribution in [3.63, 3.8) is 0 Å². The Hall–Kier alpha value is -1.16. The Morgan fingerprint density at radius 3 is 2.83 bits per heavy atom. The molecule has 1 atom stereocenters. The predicted octanol–water partition coefficient (Wildman–Crippen LogP) is 3.58. The molecule has 0 N–H and O–H groups in total. The summed E-state index contributed by atoms with van der Waals surface area (Å²) in [6.45, 7) is 8.68. The van der Waals surface area contributed by atoms with E-state index in [4.69, 9.17) is 0 Å². The number of thiazole rings is 1. The second-order valence-electron chi connectivity index (χ2n) is 6.01. The van der Waals surface area contributed by atoms with Crippen molar-refractivity contribution >= 4 is 22.1 Å². The highest BCUT2D eigenvalue weighted by Crippen LogP contribution is 2.28. The number of hydrogen-bond donors (Lipinski definition) is 0. The lowest BCUT2D eigenvalue weighted by Crippen LogP contribution is -2.21. The molecule has 4 heteroatoms. The standard InChI is InChI=1S/C14H20N2OS/c1-10(14(2,3)4)7-12(17)8-11-9-16-5-6-18-13(16)15-11/h5-6,9-10H,7-8H2,1-4H3. The Balaban J connectivity index is 1.97. The molecule has 2 heterocycles. The summed E-state index contributed by atoms with van der Waals surface area (Å²) in [6.07, 6.45) is 5.01. The Morgan fingerprint density at radius 1 is 1.50 bits per heavy atom. The number of Topliss-reactive ketones (excluding diaryl/α,β-unsaturated/α-hetero) is 1. The zero-order chi connectivity index (χ0) is 13.3. The topological polar surface area (TPSA) is 34.4 Å². The van der Waals surface area contributed by atoms with Crippen molar-refractivity contribution in [1.29, 1.82) is 0 Å². The number of fused-ring (bicyclic) bond motifs is 1. The zero-order valence-electron chi connectivity index (χ0n) is 11.4. The number of imidazole rings is 1. The average molecular weight is 264 g/mol. The Kier molecular flexibility index (Phi) is 3.57. The quantitative estimate of drug-likeness (QED) is 0.846. The molecule has 1 unspecified atom stereocenters. The summed E-state index contributed by atoms with van der Waals surface area (Å²) in [6, 6.07) is 0. The zero-order valence-corrected chi connectivity index (χ0v) is 12.3. The highest BCUT2D eigenvalue weighted by molar-refractivity contribution is 7.15. The number of ketones is 1. The van der Waals surface area contributed by atoms with E-state index in [9.17, 15) is 4.79 Å². The van der Waals surface area contributed by atoms with Crippen molar-refractivity contribution in [2.75, 3.05) is 0 Å². The average Bonchev–Trinajstić information content (AvgIpc) is 2.75. The van der Waals surface area contributed by atoms with Gasteiger partial charge >= 0.3 is 0 Å². The van der Waals surface area contributed by atoms with Crippen LogP contribution in [0.3, 0.4) is 0 Å². The molecule has 3 nitrogen and oxygen atoms in total. The van der Waals surface area contributed by atoms with Gasteiger partial charge < -0.3 is 0 Å². The first-order valence-corrected chi connectivity index (χ1v) is 7.17. The molecule has 2 aromatic heterocycles. The molecule has 0 spiro atoms. The van der Waals surface area contributed by atoms with E-state index in [2.05, 4.69) is 32.7 Å². The van der Waals surface area contributed by atoms with E-state index in [0.29, 0.717) is 18.8 Å². The lowest BCUT2D eigenvalue weighted by atomic mass is 9.79. The second-order valence-corrected chi connectivity index (χ2v) is 6.88. The Labute approximate surface area is 112 Å². The first kappa shape index (κ1) is 13.3. The van der Waals surface area contributed by atoms with Crippen LogP contribution in [-0.2, 0) is 11.2 Å². The molecule has 0 saturated carbocycles. The third kappa shape index (κ3) is 2.99. The maximum atomic E-state index is 12.0. The number of aromatic nitrogens is 2. The fraction of sp³-hybridized carbons (Fsp3) is 0.571. The summed E-state index contributed by atoms with van der Waals surface area (Å²) in [5.41, 5.74) is 1.07. The highest BCUT2D eigenvalue weighted by Gasteiger charge is 2.22. The van der Waals surface area contributed by atoms with Crippen molar-refractivity contribution in [3.8, 4) is 0 Å². The molecule has 0 aromatic carbocycles. The largest absolute Gasteiger partial charge is 0.299 e. The van der Waals surface area contributed by atoms with Crippen LogP contribution in [0, 0.1) is 11.3 Å². The van der Waals surface area contributed by atoms with Crippen LogP contribution in [0.4, 0.5) is 0 Å². The summed E-state index contributed by atoms with van der Waals surface area (Å²) in [5.74, 6) is 0.678. The minimum atomic E-state index is 0.185. The number of hydrogen-bond acceptors (Lipinski definition) is 3. The van der Waals surface area contributed by atoms with Crippen molar-refractivity contribution in [1.82, 2.24) is 9.38 Å². The molecular weight excluding hydrogens is 244 g/mol. The van der Waals surface area contributed by atoms with Gasteiger partial charge in [-0.1, -0.05) is 27.7 Å². The first-order valence-electron chi connectivity index (χ1n) is 6.29. The number of rotatable bonds is 4. The molecule has 0 radical (unpaired) electrons. The van der Waals surface area contributed by atoms with Crippen molar-refractivity contribution in [3.05, 3.63) is 23.5 Å². The lowest BCUT2D eigenvalue weighted by molar-refractivity contribution is -0.120. The normalized spacial score (nSPS) is 14.0. The Morgan fingerprint density at radius 2 is 2.22 bits per heavy atom. The van der Waals surface area contributed by atoms with Gasteiger partial charge in [-0.15, -0.1) is 11.3 Å². The van der Waals surface area contributed by atoms with Gasteiger partial charge in [-0.3, -0.25) is 9.20 Å². The van der Waals surface area contributed by atoms with Gasteiger partial charge in [0.15, 0.2) is 4.96 Å². The van der Waals surface area contributed by atoms with Crippen LogP contribution in [0.5, 0.6) is 0 Å². The van der Waals surface area contributed by atoms with Gasteiger partial charge in [0.2, 0.25) is 0 Å². The smallest absolute Gasteiger partial charge is 0.193 e. The summed E-state index contributed by atoms with van der Waals surface area (Å²) in [5, 5.41) is 2.00. The van der Waals surface area contributed by atoms with E-state index >= 15 is 0 Å². The van der Waals surface area contributed by atoms with Crippen LogP contribution < -0.4 is 0 Å². The van der Waals surface area contributed by atoms with Crippen molar-refractivity contribution < 1.29 is 4.79 Å². The molecule has 98 valence electrons. The SMILES string of the molecule is CC(CC(=O)Cc1cn2ccsc2n1)C(C)(C)C. The molecule has 0 fully saturated rings. The van der Waals surface area contributed by atoms with Crippen molar-refractivity contribution in [2.24, 2.45) is 11.3 Å². The fourth-order valence-corrected chi connectivity index (χ4v) is 2.50. The van der Waals surface area contributed by atoms with Crippen LogP contribution in [0.2, 0.25) is 0 Å². The number of carbonyl (C=O) groups excluding carboxylic acids is 1. The van der Waals surface area contributed by atoms with Crippen LogP contribution in [0.1, 0.15) is 39.8 Å². The third-order valence-corrected chi connectivity index (χ3v) is 4.30. The summed E-state index contributed by atoms with van der Waals surface area (Å²) in [4.78, 5) is 17.4. The van der Waals surface area contributed by atoms with Gasteiger partial charge in [-0.25, -0.2) is 4.98 Å². The van der Waals surface area contributed by atoms with E-state index in [-0.39, 0.29) is 11.2 Å². The van der Waals surface area contributed by atoms with E-state index in [1.807, 2.05) is 22.2 Å². The minimum absolute atomic E-state index is 0.185. The van der Waals surface area contributed by atoms with Gasteiger partial charge in [-0.2, -0.15) is 0 Å². The minimum Gasteiger partial charge on any atom is -0.299 e. The van der Waals surface area contributed by atoms with Gasteiger partial charge in [-0.05, 0) is 11.3 Å². The monoisotopic (exact) mass is 264 g/mol. The number of carbonyl (C=O) groups is 1. The fourth-order valence-electron chi connectivity index (χ4n) is 1.78. The molecule has 0 saturated heterocycles. The van der Waals surface area contributed by atoms with Gasteiger partial charge in [0.1, 0.15) is 5.78 Å². The molecule has 0 amide bonds. The maximum absolute atomic E-state index is 12.0. The van der Waals surface area contributed by atoms with E-state index in [1.165, 1.54) is 0 Å². The van der Waals surface area contributed by atoms with Gasteiger partial charge in [0.05, 0.1) is 12.1 Å². The number of nitrogens with zero attached hydrogens (tertiary/aromatic N) is 2. The van der Waals surface area contributed by atoms with E-state index < -0.39 is 0 Å². The third-order valence-electron chi connectivity index (χ3n) is 3.53. The second kappa shape index (κ2) is 4.84. The van der Waals surface area contributed by atoms with Gasteiger partial charge in [0, 0.05) is 24.2 Å². The van der Waals surface area contributed by atoms with Crippen LogP contribution in [0.15, 0.2) is 17.8 Å². The van der Waals surface area contributed by atoms with Crippen LogP contribution in [-0.4, -0.2) is 15.2 Å². The van der Waals surface area contributed by atoms with Crippen LogP contribution in [0.25, 0.3) is 4.96 Å². The van der Waals surface area contributed by atoms with Crippen molar-refractivity contribution in [2.45, 2.75) is 40.5 Å². The lowest BCUT2D eigenvalue weighted by Gasteiger charge is -2.26. The molecule has 2 aromatic rings. The molecule has 18 heavy (non-hydrogen) atoms. The molecule has 0 aliphatic heterocycles. The van der Waals surface area contributed by atoms with Crippen LogP contribution >= 0.6 is 11.3 Å². The predicted molar refractivity (Wildman–Crippen MR) is 75.0 cm³/mol. The summed E-state index contributed by atoms with van der Waals surface area (Å²) >= 11 is 1.59. The van der Waals surface area contributed by atoms with Gasteiger partial charge in [0.25, 0.3) is 0 Å². The molecule has 0 aliphatic rings. The van der Waals surface area contributed by atoms with E-state index in [1.54, 1.807) is 11.3 Å². The molecule has 0 bridgehead atoms. The highest BCUT2D eigenvalue weighted by atomic mass is 32.1. The Bertz CT molecular complexity index is 519. The molecule has 0 aliphatic carbocycles. The molecular formula is C14H20N2OS. The maximum Gasteiger partial charge on any atom is 0.193 e. The van der Waals surface area contributed by atoms with E-state index in [0.717, 1.165) is 10.7 Å².